The van der Waals surface area contributed by atoms with Crippen LogP contribution in [0.5, 0.6) is 5.75 Å². The highest BCUT2D eigenvalue weighted by Gasteiger charge is 2.51. The van der Waals surface area contributed by atoms with Crippen molar-refractivity contribution in [2.75, 3.05) is 0 Å². The lowest BCUT2D eigenvalue weighted by Gasteiger charge is -2.30. The van der Waals surface area contributed by atoms with Crippen LogP contribution in [0.15, 0.2) is 72.3 Å². The molecule has 2 atom stereocenters. The fourth-order valence-electron chi connectivity index (χ4n) is 6.83. The number of rotatable bonds is 0. The van der Waals surface area contributed by atoms with Crippen molar-refractivity contribution < 1.29 is 4.74 Å². The van der Waals surface area contributed by atoms with Crippen molar-refractivity contribution in [1.82, 2.24) is 0 Å². The molecule has 3 aromatic carbocycles. The van der Waals surface area contributed by atoms with E-state index in [4.69, 9.17) is 4.74 Å². The van der Waals surface area contributed by atoms with Crippen LogP contribution in [0, 0.1) is 6.92 Å². The SMILES string of the molecule is Cc1ccc2c(c1)C(C)(C)c1cc3c(cc1-2)C(C)(C)C1=CC=C2c4ccccc4OC2C13. The van der Waals surface area contributed by atoms with Gasteiger partial charge in [0.15, 0.2) is 0 Å². The number of hydrogen-bond donors (Lipinski definition) is 0. The third kappa shape index (κ3) is 2.05. The zero-order chi connectivity index (χ0) is 22.0. The predicted octanol–water partition coefficient (Wildman–Crippen LogP) is 7.46. The highest BCUT2D eigenvalue weighted by Crippen LogP contribution is 2.60. The smallest absolute Gasteiger partial charge is 0.135 e. The predicted molar refractivity (Wildman–Crippen MR) is 131 cm³/mol. The lowest BCUT2D eigenvalue weighted by atomic mass is 9.75. The minimum atomic E-state index is -0.00716. The topological polar surface area (TPSA) is 9.23 Å². The monoisotopic (exact) mass is 416 g/mol. The van der Waals surface area contributed by atoms with E-state index < -0.39 is 0 Å². The van der Waals surface area contributed by atoms with Crippen molar-refractivity contribution >= 4 is 5.57 Å². The van der Waals surface area contributed by atoms with Gasteiger partial charge in [-0.1, -0.05) is 87.9 Å². The molecule has 0 N–H and O–H groups in total. The largest absolute Gasteiger partial charge is 0.484 e. The Morgan fingerprint density at radius 3 is 2.34 bits per heavy atom. The Hall–Kier alpha value is -3.06. The maximum Gasteiger partial charge on any atom is 0.135 e. The molecule has 1 heteroatoms. The zero-order valence-electron chi connectivity index (χ0n) is 19.4. The van der Waals surface area contributed by atoms with E-state index in [0.717, 1.165) is 5.75 Å². The Labute approximate surface area is 190 Å². The fraction of sp³-hybridized carbons (Fsp3) is 0.290. The summed E-state index contributed by atoms with van der Waals surface area (Å²) in [6.07, 6.45) is 4.77. The molecule has 0 aromatic heterocycles. The molecular formula is C31H28O. The molecular weight excluding hydrogens is 388 g/mol. The molecule has 0 bridgehead atoms. The summed E-state index contributed by atoms with van der Waals surface area (Å²) < 4.78 is 6.61. The van der Waals surface area contributed by atoms with E-state index in [2.05, 4.69) is 101 Å². The summed E-state index contributed by atoms with van der Waals surface area (Å²) in [5.41, 5.74) is 14.1. The van der Waals surface area contributed by atoms with Gasteiger partial charge >= 0.3 is 0 Å². The average Bonchev–Trinajstić information content (AvgIpc) is 3.33. The number of benzene rings is 3. The summed E-state index contributed by atoms with van der Waals surface area (Å²) in [6.45, 7) is 11.7. The number of fused-ring (bicyclic) bond motifs is 10. The second kappa shape index (κ2) is 5.64. The molecule has 1 nitrogen and oxygen atoms in total. The van der Waals surface area contributed by atoms with Gasteiger partial charge in [-0.25, -0.2) is 0 Å². The van der Waals surface area contributed by atoms with Gasteiger partial charge in [-0.15, -0.1) is 0 Å². The second-order valence-electron chi connectivity index (χ2n) is 11.0. The van der Waals surface area contributed by atoms with Gasteiger partial charge in [-0.2, -0.15) is 0 Å². The highest BCUT2D eigenvalue weighted by molar-refractivity contribution is 5.86. The molecule has 4 aliphatic rings. The highest BCUT2D eigenvalue weighted by atomic mass is 16.5. The standard InChI is InChI=1S/C31H28O/c1-17-10-11-18-21-15-26-22(16-25(21)31(4,5)24(18)14-17)28-23(30(26,2)3)13-12-20-19-8-6-7-9-27(19)32-29(20)28/h6-16,28-29H,1-5H3. The van der Waals surface area contributed by atoms with Crippen molar-refractivity contribution in [2.45, 2.75) is 57.5 Å². The molecule has 3 aromatic rings. The Bertz CT molecular complexity index is 1410. The van der Waals surface area contributed by atoms with E-state index in [1.807, 2.05) is 0 Å². The van der Waals surface area contributed by atoms with E-state index in [9.17, 15) is 0 Å². The van der Waals surface area contributed by atoms with Crippen LogP contribution in [0.25, 0.3) is 16.7 Å². The number of allylic oxidation sites excluding steroid dienone is 2. The van der Waals surface area contributed by atoms with Gasteiger partial charge in [0.2, 0.25) is 0 Å². The second-order valence-corrected chi connectivity index (χ2v) is 11.0. The molecule has 0 saturated heterocycles. The Morgan fingerprint density at radius 2 is 1.50 bits per heavy atom. The zero-order valence-corrected chi connectivity index (χ0v) is 19.4. The number of para-hydroxylation sites is 1. The van der Waals surface area contributed by atoms with Crippen LogP contribution in [-0.2, 0) is 10.8 Å². The molecule has 0 amide bonds. The van der Waals surface area contributed by atoms with Crippen molar-refractivity contribution in [3.05, 3.63) is 106 Å². The van der Waals surface area contributed by atoms with Gasteiger partial charge in [0.1, 0.15) is 11.9 Å². The first-order chi connectivity index (χ1) is 15.3. The van der Waals surface area contributed by atoms with Gasteiger partial charge in [0, 0.05) is 27.9 Å². The Balaban J connectivity index is 1.46. The molecule has 158 valence electrons. The van der Waals surface area contributed by atoms with Crippen molar-refractivity contribution in [2.24, 2.45) is 0 Å². The summed E-state index contributed by atoms with van der Waals surface area (Å²) in [5.74, 6) is 1.30. The van der Waals surface area contributed by atoms with Crippen LogP contribution in [0.2, 0.25) is 0 Å². The van der Waals surface area contributed by atoms with Crippen molar-refractivity contribution in [1.29, 1.82) is 0 Å². The molecule has 0 spiro atoms. The minimum absolute atomic E-state index is 0.00716. The quantitative estimate of drug-likeness (QED) is 0.369. The van der Waals surface area contributed by atoms with Crippen LogP contribution in [-0.4, -0.2) is 6.10 Å². The van der Waals surface area contributed by atoms with Gasteiger partial charge in [-0.05, 0) is 58.0 Å². The van der Waals surface area contributed by atoms with Crippen molar-refractivity contribution in [3.63, 3.8) is 0 Å². The van der Waals surface area contributed by atoms with Crippen molar-refractivity contribution in [3.8, 4) is 16.9 Å². The van der Waals surface area contributed by atoms with Gasteiger partial charge in [0.05, 0.1) is 0 Å². The first-order valence-electron chi connectivity index (χ1n) is 11.8. The summed E-state index contributed by atoms with van der Waals surface area (Å²) in [4.78, 5) is 0. The van der Waals surface area contributed by atoms with Gasteiger partial charge in [-0.3, -0.25) is 0 Å². The first-order valence-corrected chi connectivity index (χ1v) is 11.8. The first kappa shape index (κ1) is 18.5. The maximum atomic E-state index is 6.61. The Kier molecular flexibility index (Phi) is 3.26. The number of aryl methyl sites for hydroxylation is 1. The number of ether oxygens (including phenoxy) is 1. The van der Waals surface area contributed by atoms with Crippen LogP contribution < -0.4 is 4.74 Å². The molecule has 0 radical (unpaired) electrons. The van der Waals surface area contributed by atoms with E-state index in [1.54, 1.807) is 0 Å². The maximum absolute atomic E-state index is 6.61. The van der Waals surface area contributed by atoms with E-state index in [-0.39, 0.29) is 22.9 Å². The van der Waals surface area contributed by atoms with Crippen LogP contribution in [0.3, 0.4) is 0 Å². The van der Waals surface area contributed by atoms with E-state index in [0.29, 0.717) is 0 Å². The Morgan fingerprint density at radius 1 is 0.719 bits per heavy atom. The summed E-state index contributed by atoms with van der Waals surface area (Å²) in [6, 6.07) is 20.5. The van der Waals surface area contributed by atoms with E-state index in [1.165, 1.54) is 55.7 Å². The molecule has 2 unspecified atom stereocenters. The molecule has 1 aliphatic heterocycles. The average molecular weight is 417 g/mol. The summed E-state index contributed by atoms with van der Waals surface area (Å²) in [5, 5.41) is 0. The summed E-state index contributed by atoms with van der Waals surface area (Å²) in [7, 11) is 0. The molecule has 0 fully saturated rings. The third-order valence-corrected chi connectivity index (χ3v) is 8.57. The molecule has 3 aliphatic carbocycles. The van der Waals surface area contributed by atoms with Crippen LogP contribution in [0.4, 0.5) is 0 Å². The third-order valence-electron chi connectivity index (χ3n) is 8.57. The number of hydrogen-bond acceptors (Lipinski definition) is 1. The molecule has 7 rings (SSSR count). The molecule has 32 heavy (non-hydrogen) atoms. The lowest BCUT2D eigenvalue weighted by Crippen LogP contribution is -2.27. The van der Waals surface area contributed by atoms with Crippen LogP contribution >= 0.6 is 0 Å². The molecule has 0 saturated carbocycles. The van der Waals surface area contributed by atoms with Gasteiger partial charge < -0.3 is 4.74 Å². The van der Waals surface area contributed by atoms with Crippen LogP contribution in [0.1, 0.15) is 67.0 Å². The minimum Gasteiger partial charge on any atom is -0.484 e. The van der Waals surface area contributed by atoms with Gasteiger partial charge in [0.25, 0.3) is 0 Å². The molecule has 1 heterocycles. The summed E-state index contributed by atoms with van der Waals surface area (Å²) >= 11 is 0. The fourth-order valence-corrected chi connectivity index (χ4v) is 6.83. The lowest BCUT2D eigenvalue weighted by molar-refractivity contribution is 0.252. The van der Waals surface area contributed by atoms with E-state index >= 15 is 0 Å². The normalized spacial score (nSPS) is 24.3.